The topological polar surface area (TPSA) is 33.7 Å². The van der Waals surface area contributed by atoms with Gasteiger partial charge in [0.15, 0.2) is 11.5 Å². The first-order valence-corrected chi connectivity index (χ1v) is 6.66. The van der Waals surface area contributed by atoms with Gasteiger partial charge < -0.3 is 14.8 Å². The Labute approximate surface area is 117 Å². The van der Waals surface area contributed by atoms with E-state index in [0.717, 1.165) is 31.7 Å². The number of halogens is 2. The van der Waals surface area contributed by atoms with Crippen LogP contribution in [0.2, 0.25) is 0 Å². The van der Waals surface area contributed by atoms with E-state index in [4.69, 9.17) is 4.74 Å². The Balaban J connectivity index is 2.08. The number of rotatable bonds is 5. The normalized spacial score (nSPS) is 20.1. The fourth-order valence-corrected chi connectivity index (χ4v) is 2.36. The molecular formula is C14H20F2N2O2. The summed E-state index contributed by atoms with van der Waals surface area (Å²) in [6, 6.07) is 5.54. The average Bonchev–Trinajstić information content (AvgIpc) is 2.42. The largest absolute Gasteiger partial charge is 0.493 e. The van der Waals surface area contributed by atoms with E-state index in [1.165, 1.54) is 13.2 Å². The highest BCUT2D eigenvalue weighted by Crippen LogP contribution is 2.30. The monoisotopic (exact) mass is 286 g/mol. The molecule has 1 N–H and O–H groups in total. The van der Waals surface area contributed by atoms with Gasteiger partial charge in [-0.3, -0.25) is 4.90 Å². The molecule has 0 aromatic heterocycles. The molecule has 0 bridgehead atoms. The number of nitrogens with one attached hydrogen (secondary N) is 1. The Kier molecular flexibility index (Phi) is 5.14. The number of hydrogen-bond acceptors (Lipinski definition) is 4. The van der Waals surface area contributed by atoms with E-state index >= 15 is 0 Å². The van der Waals surface area contributed by atoms with Gasteiger partial charge in [-0.05, 0) is 24.6 Å². The second-order valence-corrected chi connectivity index (χ2v) is 4.89. The summed E-state index contributed by atoms with van der Waals surface area (Å²) >= 11 is 0. The molecule has 1 aliphatic rings. The van der Waals surface area contributed by atoms with Crippen molar-refractivity contribution in [1.82, 2.24) is 10.2 Å². The van der Waals surface area contributed by atoms with Crippen molar-refractivity contribution >= 4 is 0 Å². The first-order chi connectivity index (χ1) is 9.60. The lowest BCUT2D eigenvalue weighted by molar-refractivity contribution is -0.0512. The van der Waals surface area contributed by atoms with E-state index in [1.807, 2.05) is 0 Å². The number of benzene rings is 1. The molecule has 1 heterocycles. The predicted molar refractivity (Wildman–Crippen MR) is 72.4 cm³/mol. The van der Waals surface area contributed by atoms with E-state index in [1.54, 1.807) is 12.1 Å². The van der Waals surface area contributed by atoms with Gasteiger partial charge in [-0.15, -0.1) is 0 Å². The third kappa shape index (κ3) is 3.80. The van der Waals surface area contributed by atoms with Crippen molar-refractivity contribution in [3.05, 3.63) is 23.8 Å². The van der Waals surface area contributed by atoms with E-state index in [0.29, 0.717) is 11.8 Å². The Morgan fingerprint density at radius 2 is 2.20 bits per heavy atom. The molecule has 4 nitrogen and oxygen atoms in total. The Morgan fingerprint density at radius 1 is 1.40 bits per heavy atom. The number of hydrogen-bond donors (Lipinski definition) is 1. The number of alkyl halides is 2. The zero-order valence-electron chi connectivity index (χ0n) is 11.7. The van der Waals surface area contributed by atoms with Crippen molar-refractivity contribution in [2.24, 2.45) is 0 Å². The average molecular weight is 286 g/mol. The molecule has 0 unspecified atom stereocenters. The summed E-state index contributed by atoms with van der Waals surface area (Å²) in [4.78, 5) is 2.35. The maximum Gasteiger partial charge on any atom is 0.387 e. The highest BCUT2D eigenvalue weighted by molar-refractivity contribution is 5.43. The SMILES string of the molecule is COc1cc(CN2CCNC[C@H]2C)ccc1OC(F)F. The first-order valence-electron chi connectivity index (χ1n) is 6.66. The molecule has 1 atom stereocenters. The maximum absolute atomic E-state index is 12.3. The fraction of sp³-hybridized carbons (Fsp3) is 0.571. The van der Waals surface area contributed by atoms with Gasteiger partial charge in [-0.25, -0.2) is 0 Å². The molecule has 2 rings (SSSR count). The van der Waals surface area contributed by atoms with Crippen LogP contribution in [0, 0.1) is 0 Å². The van der Waals surface area contributed by atoms with E-state index in [-0.39, 0.29) is 5.75 Å². The maximum atomic E-state index is 12.3. The molecule has 1 saturated heterocycles. The highest BCUT2D eigenvalue weighted by atomic mass is 19.3. The molecule has 0 radical (unpaired) electrons. The lowest BCUT2D eigenvalue weighted by atomic mass is 10.1. The smallest absolute Gasteiger partial charge is 0.387 e. The summed E-state index contributed by atoms with van der Waals surface area (Å²) in [7, 11) is 1.45. The van der Waals surface area contributed by atoms with Gasteiger partial charge in [0.25, 0.3) is 0 Å². The van der Waals surface area contributed by atoms with Crippen LogP contribution in [0.25, 0.3) is 0 Å². The van der Waals surface area contributed by atoms with Crippen LogP contribution < -0.4 is 14.8 Å². The molecule has 0 amide bonds. The van der Waals surface area contributed by atoms with Crippen molar-refractivity contribution in [1.29, 1.82) is 0 Å². The van der Waals surface area contributed by atoms with Gasteiger partial charge in [-0.1, -0.05) is 6.07 Å². The summed E-state index contributed by atoms with van der Waals surface area (Å²) in [5, 5.41) is 3.33. The molecule has 112 valence electrons. The van der Waals surface area contributed by atoms with Crippen LogP contribution in [0.1, 0.15) is 12.5 Å². The molecule has 6 heteroatoms. The van der Waals surface area contributed by atoms with Gasteiger partial charge in [-0.2, -0.15) is 8.78 Å². The van der Waals surface area contributed by atoms with Crippen molar-refractivity contribution < 1.29 is 18.3 Å². The molecule has 0 saturated carbocycles. The zero-order valence-corrected chi connectivity index (χ0v) is 11.7. The van der Waals surface area contributed by atoms with Crippen LogP contribution in [0.15, 0.2) is 18.2 Å². The van der Waals surface area contributed by atoms with Crippen LogP contribution in [-0.2, 0) is 6.54 Å². The second-order valence-electron chi connectivity index (χ2n) is 4.89. The Hall–Kier alpha value is -1.40. The third-order valence-corrected chi connectivity index (χ3v) is 3.47. The fourth-order valence-electron chi connectivity index (χ4n) is 2.36. The molecule has 0 aliphatic carbocycles. The Morgan fingerprint density at radius 3 is 2.85 bits per heavy atom. The van der Waals surface area contributed by atoms with Crippen molar-refractivity contribution in [2.75, 3.05) is 26.7 Å². The molecule has 20 heavy (non-hydrogen) atoms. The minimum absolute atomic E-state index is 0.0691. The van der Waals surface area contributed by atoms with Crippen molar-refractivity contribution in [3.63, 3.8) is 0 Å². The molecule has 1 aromatic carbocycles. The predicted octanol–water partition coefficient (Wildman–Crippen LogP) is 2.09. The lowest BCUT2D eigenvalue weighted by Crippen LogP contribution is -2.49. The van der Waals surface area contributed by atoms with E-state index in [2.05, 4.69) is 21.9 Å². The first kappa shape index (κ1) is 15.0. The van der Waals surface area contributed by atoms with E-state index in [9.17, 15) is 8.78 Å². The summed E-state index contributed by atoms with van der Waals surface area (Å²) < 4.78 is 34.1. The molecule has 1 aliphatic heterocycles. The summed E-state index contributed by atoms with van der Waals surface area (Å²) in [5.74, 6) is 0.408. The van der Waals surface area contributed by atoms with Crippen LogP contribution in [-0.4, -0.2) is 44.3 Å². The minimum Gasteiger partial charge on any atom is -0.493 e. The highest BCUT2D eigenvalue weighted by Gasteiger charge is 2.19. The number of ether oxygens (including phenoxy) is 2. The standard InChI is InChI=1S/C14H20F2N2O2/c1-10-8-17-5-6-18(10)9-11-3-4-12(20-14(15)16)13(7-11)19-2/h3-4,7,10,14,17H,5-6,8-9H2,1-2H3/t10-/m1/s1. The number of nitrogens with zero attached hydrogens (tertiary/aromatic N) is 1. The van der Waals surface area contributed by atoms with Gasteiger partial charge in [0.2, 0.25) is 0 Å². The second kappa shape index (κ2) is 6.85. The molecule has 0 spiro atoms. The molecular weight excluding hydrogens is 266 g/mol. The van der Waals surface area contributed by atoms with Gasteiger partial charge in [0.05, 0.1) is 7.11 Å². The van der Waals surface area contributed by atoms with Crippen molar-refractivity contribution in [2.45, 2.75) is 26.1 Å². The van der Waals surface area contributed by atoms with E-state index < -0.39 is 6.61 Å². The van der Waals surface area contributed by atoms with Crippen molar-refractivity contribution in [3.8, 4) is 11.5 Å². The number of piperazine rings is 1. The van der Waals surface area contributed by atoms with Crippen LogP contribution in [0.3, 0.4) is 0 Å². The zero-order chi connectivity index (χ0) is 14.5. The summed E-state index contributed by atoms with van der Waals surface area (Å²) in [6.45, 7) is 2.99. The lowest BCUT2D eigenvalue weighted by Gasteiger charge is -2.34. The molecule has 1 fully saturated rings. The van der Waals surface area contributed by atoms with Gasteiger partial charge in [0.1, 0.15) is 0 Å². The van der Waals surface area contributed by atoms with Crippen LogP contribution in [0.4, 0.5) is 8.78 Å². The minimum atomic E-state index is -2.84. The van der Waals surface area contributed by atoms with Crippen LogP contribution in [0.5, 0.6) is 11.5 Å². The number of methoxy groups -OCH3 is 1. The van der Waals surface area contributed by atoms with Gasteiger partial charge >= 0.3 is 6.61 Å². The molecule has 1 aromatic rings. The summed E-state index contributed by atoms with van der Waals surface area (Å²) in [6.07, 6.45) is 0. The quantitative estimate of drug-likeness (QED) is 0.898. The Bertz CT molecular complexity index is 443. The third-order valence-electron chi connectivity index (χ3n) is 3.47. The van der Waals surface area contributed by atoms with Crippen LogP contribution >= 0.6 is 0 Å². The van der Waals surface area contributed by atoms with Gasteiger partial charge in [0, 0.05) is 32.2 Å². The summed E-state index contributed by atoms with van der Waals surface area (Å²) in [5.41, 5.74) is 1.03.